The third-order valence-electron chi connectivity index (χ3n) is 2.63. The first-order chi connectivity index (χ1) is 7.70. The highest BCUT2D eigenvalue weighted by Crippen LogP contribution is 2.18. The second kappa shape index (κ2) is 4.80. The molecule has 1 aromatic rings. The molecule has 0 bridgehead atoms. The van der Waals surface area contributed by atoms with E-state index in [9.17, 15) is 4.79 Å². The molecule has 1 saturated heterocycles. The number of morpholine rings is 1. The Morgan fingerprint density at radius 2 is 2.50 bits per heavy atom. The molecule has 86 valence electrons. The van der Waals surface area contributed by atoms with Gasteiger partial charge in [-0.05, 0) is 13.0 Å². The van der Waals surface area contributed by atoms with Gasteiger partial charge in [0.05, 0.1) is 29.8 Å². The largest absolute Gasteiger partial charge is 0.377 e. The fourth-order valence-electron chi connectivity index (χ4n) is 1.72. The molecule has 0 aliphatic carbocycles. The van der Waals surface area contributed by atoms with Gasteiger partial charge in [0.1, 0.15) is 0 Å². The molecule has 1 fully saturated rings. The number of carbonyl (C=O) groups is 1. The summed E-state index contributed by atoms with van der Waals surface area (Å²) < 4.78 is 5.29. The van der Waals surface area contributed by atoms with Gasteiger partial charge in [-0.15, -0.1) is 0 Å². The summed E-state index contributed by atoms with van der Waals surface area (Å²) in [6, 6.07) is 1.71. The Labute approximate surface area is 99.2 Å². The molecule has 1 amide bonds. The van der Waals surface area contributed by atoms with Crippen molar-refractivity contribution < 1.29 is 9.53 Å². The van der Waals surface area contributed by atoms with Crippen LogP contribution < -0.4 is 0 Å². The van der Waals surface area contributed by atoms with E-state index in [1.165, 1.54) is 6.20 Å². The van der Waals surface area contributed by atoms with Crippen LogP contribution in [0.4, 0.5) is 0 Å². The molecule has 0 saturated carbocycles. The molecule has 0 spiro atoms. The van der Waals surface area contributed by atoms with E-state index in [4.69, 9.17) is 16.3 Å². The molecule has 5 heteroatoms. The Kier molecular flexibility index (Phi) is 3.41. The van der Waals surface area contributed by atoms with Crippen molar-refractivity contribution in [1.29, 1.82) is 0 Å². The van der Waals surface area contributed by atoms with Gasteiger partial charge in [0.15, 0.2) is 0 Å². The second-order valence-electron chi connectivity index (χ2n) is 3.78. The first-order valence-electron chi connectivity index (χ1n) is 5.18. The first kappa shape index (κ1) is 11.4. The number of hydrogen-bond donors (Lipinski definition) is 0. The maximum atomic E-state index is 12.2. The number of carbonyl (C=O) groups excluding carboxylic acids is 1. The summed E-state index contributed by atoms with van der Waals surface area (Å²) in [4.78, 5) is 17.9. The lowest BCUT2D eigenvalue weighted by atomic mass is 10.2. The molecule has 1 aliphatic heterocycles. The zero-order valence-corrected chi connectivity index (χ0v) is 9.78. The number of hydrogen-bond acceptors (Lipinski definition) is 3. The third kappa shape index (κ3) is 2.18. The third-order valence-corrected chi connectivity index (χ3v) is 2.96. The van der Waals surface area contributed by atoms with Crippen molar-refractivity contribution in [2.75, 3.05) is 19.8 Å². The number of nitrogens with zero attached hydrogens (tertiary/aromatic N) is 2. The lowest BCUT2D eigenvalue weighted by molar-refractivity contribution is 0.00358. The SMILES string of the molecule is CC1COCCN1C(=O)c1cnccc1Cl. The smallest absolute Gasteiger partial charge is 0.257 e. The Hall–Kier alpha value is -1.13. The highest BCUT2D eigenvalue weighted by molar-refractivity contribution is 6.33. The zero-order valence-electron chi connectivity index (χ0n) is 9.02. The average Bonchev–Trinajstić information content (AvgIpc) is 2.29. The number of pyridine rings is 1. The van der Waals surface area contributed by atoms with Crippen LogP contribution in [0.1, 0.15) is 17.3 Å². The van der Waals surface area contributed by atoms with Crippen molar-refractivity contribution in [2.45, 2.75) is 13.0 Å². The van der Waals surface area contributed by atoms with Crippen LogP contribution >= 0.6 is 11.6 Å². The van der Waals surface area contributed by atoms with Crippen LogP contribution in [-0.4, -0.2) is 41.6 Å². The van der Waals surface area contributed by atoms with E-state index in [0.29, 0.717) is 30.3 Å². The Balaban J connectivity index is 2.21. The molecule has 0 aromatic carbocycles. The van der Waals surface area contributed by atoms with Gasteiger partial charge in [-0.1, -0.05) is 11.6 Å². The zero-order chi connectivity index (χ0) is 11.5. The molecule has 2 rings (SSSR count). The van der Waals surface area contributed by atoms with Crippen LogP contribution in [0.5, 0.6) is 0 Å². The van der Waals surface area contributed by atoms with Crippen LogP contribution in [0.3, 0.4) is 0 Å². The topological polar surface area (TPSA) is 42.4 Å². The van der Waals surface area contributed by atoms with E-state index in [1.54, 1.807) is 17.2 Å². The van der Waals surface area contributed by atoms with Crippen LogP contribution in [0.15, 0.2) is 18.5 Å². The lowest BCUT2D eigenvalue weighted by Gasteiger charge is -2.33. The molecule has 1 aromatic heterocycles. The molecule has 0 radical (unpaired) electrons. The highest BCUT2D eigenvalue weighted by atomic mass is 35.5. The summed E-state index contributed by atoms with van der Waals surface area (Å²) in [6.45, 7) is 3.71. The van der Waals surface area contributed by atoms with Crippen LogP contribution in [0.2, 0.25) is 5.02 Å². The Bertz CT molecular complexity index is 397. The molecule has 1 unspecified atom stereocenters. The number of amides is 1. The van der Waals surface area contributed by atoms with Gasteiger partial charge >= 0.3 is 0 Å². The van der Waals surface area contributed by atoms with Gasteiger partial charge in [0.2, 0.25) is 0 Å². The summed E-state index contributed by atoms with van der Waals surface area (Å²) >= 11 is 5.97. The monoisotopic (exact) mass is 240 g/mol. The molecular formula is C11H13ClN2O2. The number of ether oxygens (including phenoxy) is 1. The number of halogens is 1. The Morgan fingerprint density at radius 3 is 3.19 bits per heavy atom. The van der Waals surface area contributed by atoms with Gasteiger partial charge < -0.3 is 9.64 Å². The fraction of sp³-hybridized carbons (Fsp3) is 0.455. The lowest BCUT2D eigenvalue weighted by Crippen LogP contribution is -2.47. The quantitative estimate of drug-likeness (QED) is 0.749. The van der Waals surface area contributed by atoms with Crippen LogP contribution in [-0.2, 0) is 4.74 Å². The number of rotatable bonds is 1. The Morgan fingerprint density at radius 1 is 1.69 bits per heavy atom. The molecule has 2 heterocycles. The molecule has 4 nitrogen and oxygen atoms in total. The van der Waals surface area contributed by atoms with Gasteiger partial charge in [-0.2, -0.15) is 0 Å². The van der Waals surface area contributed by atoms with Crippen molar-refractivity contribution in [3.63, 3.8) is 0 Å². The highest BCUT2D eigenvalue weighted by Gasteiger charge is 2.26. The predicted molar refractivity (Wildman–Crippen MR) is 60.6 cm³/mol. The van der Waals surface area contributed by atoms with Crippen LogP contribution in [0, 0.1) is 0 Å². The van der Waals surface area contributed by atoms with E-state index >= 15 is 0 Å². The maximum Gasteiger partial charge on any atom is 0.257 e. The van der Waals surface area contributed by atoms with E-state index in [0.717, 1.165) is 0 Å². The number of aromatic nitrogens is 1. The van der Waals surface area contributed by atoms with Gasteiger partial charge in [0, 0.05) is 18.9 Å². The molecule has 16 heavy (non-hydrogen) atoms. The minimum Gasteiger partial charge on any atom is -0.377 e. The maximum absolute atomic E-state index is 12.2. The van der Waals surface area contributed by atoms with Gasteiger partial charge in [-0.25, -0.2) is 0 Å². The van der Waals surface area contributed by atoms with Crippen molar-refractivity contribution >= 4 is 17.5 Å². The normalized spacial score (nSPS) is 20.9. The van der Waals surface area contributed by atoms with Crippen LogP contribution in [0.25, 0.3) is 0 Å². The minimum absolute atomic E-state index is 0.0751. The van der Waals surface area contributed by atoms with Crippen molar-refractivity contribution in [3.05, 3.63) is 29.0 Å². The average molecular weight is 241 g/mol. The molecule has 0 N–H and O–H groups in total. The van der Waals surface area contributed by atoms with E-state index in [1.807, 2.05) is 6.92 Å². The molecule has 1 atom stereocenters. The second-order valence-corrected chi connectivity index (χ2v) is 4.19. The fourth-order valence-corrected chi connectivity index (χ4v) is 1.90. The van der Waals surface area contributed by atoms with E-state index < -0.39 is 0 Å². The molecular weight excluding hydrogens is 228 g/mol. The van der Waals surface area contributed by atoms with Gasteiger partial charge in [0.25, 0.3) is 5.91 Å². The summed E-state index contributed by atoms with van der Waals surface area (Å²) in [5.74, 6) is -0.0751. The summed E-state index contributed by atoms with van der Waals surface area (Å²) in [5.41, 5.74) is 0.456. The predicted octanol–water partition coefficient (Wildman–Crippen LogP) is 1.60. The van der Waals surface area contributed by atoms with Gasteiger partial charge in [-0.3, -0.25) is 9.78 Å². The summed E-state index contributed by atoms with van der Waals surface area (Å²) in [5, 5.41) is 0.443. The van der Waals surface area contributed by atoms with E-state index in [2.05, 4.69) is 4.98 Å². The molecule has 1 aliphatic rings. The summed E-state index contributed by atoms with van der Waals surface area (Å²) in [7, 11) is 0. The standard InChI is InChI=1S/C11H13ClN2O2/c1-8-7-16-5-4-14(8)11(15)9-6-13-3-2-10(9)12/h2-3,6,8H,4-5,7H2,1H3. The first-order valence-corrected chi connectivity index (χ1v) is 5.56. The van der Waals surface area contributed by atoms with Crippen molar-refractivity contribution in [3.8, 4) is 0 Å². The van der Waals surface area contributed by atoms with Crippen molar-refractivity contribution in [2.24, 2.45) is 0 Å². The van der Waals surface area contributed by atoms with Crippen molar-refractivity contribution in [1.82, 2.24) is 9.88 Å². The van der Waals surface area contributed by atoms with E-state index in [-0.39, 0.29) is 11.9 Å². The summed E-state index contributed by atoms with van der Waals surface area (Å²) in [6.07, 6.45) is 3.08. The minimum atomic E-state index is -0.0751.